The van der Waals surface area contributed by atoms with Crippen LogP contribution in [0.5, 0.6) is 0 Å². The first-order valence-electron chi connectivity index (χ1n) is 9.37. The Morgan fingerprint density at radius 2 is 1.04 bits per heavy atom. The zero-order valence-electron chi connectivity index (χ0n) is 15.5. The van der Waals surface area contributed by atoms with E-state index in [1.165, 1.54) is 5.56 Å². The first kappa shape index (κ1) is 18.3. The molecule has 0 spiro atoms. The highest BCUT2D eigenvalue weighted by molar-refractivity contribution is 7.85. The van der Waals surface area contributed by atoms with Gasteiger partial charge in [0.05, 0.1) is 0 Å². The molecule has 2 nitrogen and oxygen atoms in total. The van der Waals surface area contributed by atoms with E-state index in [0.29, 0.717) is 6.54 Å². The van der Waals surface area contributed by atoms with Crippen molar-refractivity contribution in [2.24, 2.45) is 0 Å². The molecule has 4 aromatic rings. The molecule has 0 fully saturated rings. The van der Waals surface area contributed by atoms with Crippen LogP contribution in [0.3, 0.4) is 0 Å². The highest BCUT2D eigenvalue weighted by Crippen LogP contribution is 2.44. The van der Waals surface area contributed by atoms with E-state index in [4.69, 9.17) is 0 Å². The lowest BCUT2D eigenvalue weighted by molar-refractivity contribution is 0.592. The summed E-state index contributed by atoms with van der Waals surface area (Å²) in [6, 6.07) is 37.7. The third kappa shape index (κ3) is 3.65. The van der Waals surface area contributed by atoms with E-state index < -0.39 is 7.14 Å². The van der Waals surface area contributed by atoms with Gasteiger partial charge >= 0.3 is 0 Å². The average Bonchev–Trinajstić information content (AvgIpc) is 2.79. The van der Waals surface area contributed by atoms with Gasteiger partial charge < -0.3 is 9.88 Å². The molecule has 28 heavy (non-hydrogen) atoms. The van der Waals surface area contributed by atoms with Crippen LogP contribution in [-0.4, -0.2) is 0 Å². The van der Waals surface area contributed by atoms with E-state index in [0.717, 1.165) is 21.6 Å². The summed E-state index contributed by atoms with van der Waals surface area (Å²) in [5.74, 6) is 0. The van der Waals surface area contributed by atoms with Crippen LogP contribution in [0.2, 0.25) is 0 Å². The summed E-state index contributed by atoms with van der Waals surface area (Å²) in [5.41, 5.74) is 2.09. The molecule has 3 heteroatoms. The first-order chi connectivity index (χ1) is 13.8. The number of nitrogens with one attached hydrogen (secondary N) is 1. The minimum absolute atomic E-state index is 0.682. The van der Waals surface area contributed by atoms with Crippen LogP contribution >= 0.6 is 7.14 Å². The highest BCUT2D eigenvalue weighted by Gasteiger charge is 2.31. The summed E-state index contributed by atoms with van der Waals surface area (Å²) < 4.78 is 14.6. The Hall–Kier alpha value is -3.09. The second-order valence-electron chi connectivity index (χ2n) is 6.64. The highest BCUT2D eigenvalue weighted by atomic mass is 31.2. The molecule has 0 heterocycles. The van der Waals surface area contributed by atoms with Crippen molar-refractivity contribution < 1.29 is 4.57 Å². The zero-order valence-corrected chi connectivity index (χ0v) is 16.4. The molecule has 0 radical (unpaired) electrons. The molecule has 0 saturated heterocycles. The summed E-state index contributed by atoms with van der Waals surface area (Å²) >= 11 is 0. The lowest BCUT2D eigenvalue weighted by Crippen LogP contribution is -2.27. The number of para-hydroxylation sites is 1. The maximum Gasteiger partial charge on any atom is 0.173 e. The largest absolute Gasteiger partial charge is 0.380 e. The molecule has 0 amide bonds. The van der Waals surface area contributed by atoms with Crippen molar-refractivity contribution in [3.05, 3.63) is 121 Å². The summed E-state index contributed by atoms with van der Waals surface area (Å²) in [6.07, 6.45) is 0. The lowest BCUT2D eigenvalue weighted by atomic mass is 10.2. The molecular weight excluding hydrogens is 361 g/mol. The normalized spacial score (nSPS) is 11.1. The molecule has 0 atom stereocenters. The fraction of sp³-hybridized carbons (Fsp3) is 0.0400. The third-order valence-corrected chi connectivity index (χ3v) is 7.93. The zero-order chi connectivity index (χ0) is 19.2. The quantitative estimate of drug-likeness (QED) is 0.478. The molecule has 4 aromatic carbocycles. The summed E-state index contributed by atoms with van der Waals surface area (Å²) in [5, 5.41) is 6.02. The summed E-state index contributed by atoms with van der Waals surface area (Å²) in [7, 11) is -3.00. The molecule has 0 aliphatic carbocycles. The molecule has 1 N–H and O–H groups in total. The van der Waals surface area contributed by atoms with Gasteiger partial charge in [0.2, 0.25) is 0 Å². The van der Waals surface area contributed by atoms with E-state index in [2.05, 4.69) is 17.4 Å². The average molecular weight is 383 g/mol. The van der Waals surface area contributed by atoms with Crippen molar-refractivity contribution >= 4 is 28.7 Å². The Morgan fingerprint density at radius 3 is 1.61 bits per heavy atom. The van der Waals surface area contributed by atoms with Gasteiger partial charge in [0.25, 0.3) is 0 Å². The topological polar surface area (TPSA) is 29.1 Å². The second kappa shape index (κ2) is 8.29. The fourth-order valence-corrected chi connectivity index (χ4v) is 6.22. The van der Waals surface area contributed by atoms with Gasteiger partial charge in [-0.15, -0.1) is 0 Å². The van der Waals surface area contributed by atoms with E-state index in [-0.39, 0.29) is 0 Å². The molecule has 0 aliphatic heterocycles. The van der Waals surface area contributed by atoms with Crippen molar-refractivity contribution in [3.8, 4) is 0 Å². The van der Waals surface area contributed by atoms with Crippen LogP contribution < -0.4 is 21.2 Å². The van der Waals surface area contributed by atoms with Crippen molar-refractivity contribution in [2.45, 2.75) is 6.54 Å². The van der Waals surface area contributed by atoms with Crippen molar-refractivity contribution in [2.75, 3.05) is 5.32 Å². The van der Waals surface area contributed by atoms with Gasteiger partial charge in [-0.05, 0) is 17.7 Å². The van der Waals surface area contributed by atoms with Crippen molar-refractivity contribution in [1.82, 2.24) is 0 Å². The monoisotopic (exact) mass is 383 g/mol. The third-order valence-electron chi connectivity index (χ3n) is 4.81. The predicted octanol–water partition coefficient (Wildman–Crippen LogP) is 4.94. The van der Waals surface area contributed by atoms with E-state index in [1.54, 1.807) is 0 Å². The van der Waals surface area contributed by atoms with Gasteiger partial charge in [-0.2, -0.15) is 0 Å². The number of anilines is 1. The smallest absolute Gasteiger partial charge is 0.173 e. The maximum atomic E-state index is 14.6. The standard InChI is InChI=1S/C25H22NOP/c27-28(22-14-6-2-7-15-22,23-16-8-3-9-17-23)25-19-11-10-18-24(25)26-20-21-12-4-1-5-13-21/h1-19,26H,20H2. The lowest BCUT2D eigenvalue weighted by Gasteiger charge is -2.23. The van der Waals surface area contributed by atoms with Crippen molar-refractivity contribution in [1.29, 1.82) is 0 Å². The van der Waals surface area contributed by atoms with Crippen LogP contribution in [-0.2, 0) is 11.1 Å². The maximum absolute atomic E-state index is 14.6. The molecule has 0 aromatic heterocycles. The summed E-state index contributed by atoms with van der Waals surface area (Å²) in [6.45, 7) is 0.682. The molecule has 0 aliphatic rings. The molecule has 0 saturated carbocycles. The van der Waals surface area contributed by atoms with Gasteiger partial charge in [-0.25, -0.2) is 0 Å². The molecule has 0 bridgehead atoms. The molecule has 138 valence electrons. The minimum Gasteiger partial charge on any atom is -0.380 e. The van der Waals surface area contributed by atoms with Gasteiger partial charge in [0, 0.05) is 28.1 Å². The Kier molecular flexibility index (Phi) is 5.41. The minimum atomic E-state index is -3.00. The van der Waals surface area contributed by atoms with Crippen LogP contribution in [0.4, 0.5) is 5.69 Å². The predicted molar refractivity (Wildman–Crippen MR) is 120 cm³/mol. The Balaban J connectivity index is 1.81. The Bertz CT molecular complexity index is 1040. The Labute approximate surface area is 166 Å². The van der Waals surface area contributed by atoms with Gasteiger partial charge in [0.15, 0.2) is 7.14 Å². The van der Waals surface area contributed by atoms with Crippen LogP contribution in [0.25, 0.3) is 0 Å². The number of benzene rings is 4. The molecule has 4 rings (SSSR count). The van der Waals surface area contributed by atoms with Gasteiger partial charge in [-0.1, -0.05) is 103 Å². The SMILES string of the molecule is O=P(c1ccccc1)(c1ccccc1)c1ccccc1NCc1ccccc1. The van der Waals surface area contributed by atoms with Crippen molar-refractivity contribution in [3.63, 3.8) is 0 Å². The Morgan fingerprint density at radius 1 is 0.571 bits per heavy atom. The second-order valence-corrected chi connectivity index (χ2v) is 9.37. The number of rotatable bonds is 6. The van der Waals surface area contributed by atoms with Gasteiger partial charge in [-0.3, -0.25) is 0 Å². The van der Waals surface area contributed by atoms with Crippen LogP contribution in [0.15, 0.2) is 115 Å². The molecule has 0 unspecified atom stereocenters. The molecular formula is C25H22NOP. The van der Waals surface area contributed by atoms with Crippen LogP contribution in [0.1, 0.15) is 5.56 Å². The van der Waals surface area contributed by atoms with E-state index >= 15 is 0 Å². The van der Waals surface area contributed by atoms with Gasteiger partial charge in [0.1, 0.15) is 0 Å². The van der Waals surface area contributed by atoms with E-state index in [1.807, 2.05) is 103 Å². The van der Waals surface area contributed by atoms with Crippen LogP contribution in [0, 0.1) is 0 Å². The first-order valence-corrected chi connectivity index (χ1v) is 11.1. The number of hydrogen-bond donors (Lipinski definition) is 1. The summed E-state index contributed by atoms with van der Waals surface area (Å²) in [4.78, 5) is 0. The number of hydrogen-bond acceptors (Lipinski definition) is 2. The van der Waals surface area contributed by atoms with E-state index in [9.17, 15) is 4.57 Å². The fourth-order valence-electron chi connectivity index (χ4n) is 3.39.